The summed E-state index contributed by atoms with van der Waals surface area (Å²) in [5.41, 5.74) is 3.86. The van der Waals surface area contributed by atoms with Crippen molar-refractivity contribution in [3.63, 3.8) is 0 Å². The van der Waals surface area contributed by atoms with Crippen LogP contribution in [0.5, 0.6) is 0 Å². The number of amidine groups is 1. The molecule has 6 heteroatoms. The van der Waals surface area contributed by atoms with Gasteiger partial charge in [-0.25, -0.2) is 0 Å². The molecule has 5 nitrogen and oxygen atoms in total. The fraction of sp³-hybridized carbons (Fsp3) is 0.500. The molecule has 1 aromatic carbocycles. The van der Waals surface area contributed by atoms with Gasteiger partial charge in [0.25, 0.3) is 0 Å². The fourth-order valence-corrected chi connectivity index (χ4v) is 4.68. The van der Waals surface area contributed by atoms with E-state index in [9.17, 15) is 4.79 Å². The Bertz CT molecular complexity index is 737. The van der Waals surface area contributed by atoms with Gasteiger partial charge in [-0.2, -0.15) is 0 Å². The number of carbonyl (C=O) groups excluding carboxylic acids is 1. The van der Waals surface area contributed by atoms with E-state index >= 15 is 0 Å². The summed E-state index contributed by atoms with van der Waals surface area (Å²) in [5.74, 6) is 0.249. The average Bonchev–Trinajstić information content (AvgIpc) is 3.07. The predicted octanol–water partition coefficient (Wildman–Crippen LogP) is 2.68. The Balaban J connectivity index is 1.28. The molecule has 0 radical (unpaired) electrons. The summed E-state index contributed by atoms with van der Waals surface area (Å²) in [6, 6.07) is 8.56. The van der Waals surface area contributed by atoms with E-state index in [0.717, 1.165) is 63.1 Å². The molecule has 1 fully saturated rings. The van der Waals surface area contributed by atoms with Crippen molar-refractivity contribution in [2.75, 3.05) is 39.3 Å². The van der Waals surface area contributed by atoms with Gasteiger partial charge in [-0.15, -0.1) is 0 Å². The second kappa shape index (κ2) is 7.84. The molecule has 138 valence electrons. The van der Waals surface area contributed by atoms with Gasteiger partial charge in [0, 0.05) is 51.5 Å². The summed E-state index contributed by atoms with van der Waals surface area (Å²) in [7, 11) is 0. The smallest absolute Gasteiger partial charge is 0.228 e. The number of aryl methyl sites for hydroxylation is 1. The average molecular weight is 371 g/mol. The topological polar surface area (TPSA) is 39.1 Å². The van der Waals surface area contributed by atoms with Crippen molar-refractivity contribution >= 4 is 22.8 Å². The summed E-state index contributed by atoms with van der Waals surface area (Å²) in [6.07, 6.45) is 1.58. The summed E-state index contributed by atoms with van der Waals surface area (Å²) >= 11 is 1.66. The van der Waals surface area contributed by atoms with Crippen LogP contribution < -0.4 is 0 Å². The van der Waals surface area contributed by atoms with E-state index < -0.39 is 0 Å². The summed E-state index contributed by atoms with van der Waals surface area (Å²) < 4.78 is 0. The van der Waals surface area contributed by atoms with Gasteiger partial charge >= 0.3 is 0 Å². The van der Waals surface area contributed by atoms with Crippen LogP contribution in [-0.2, 0) is 11.3 Å². The molecule has 1 aromatic rings. The van der Waals surface area contributed by atoms with Gasteiger partial charge in [0.2, 0.25) is 5.91 Å². The van der Waals surface area contributed by atoms with Crippen molar-refractivity contribution < 1.29 is 4.79 Å². The Hall–Kier alpha value is -1.79. The van der Waals surface area contributed by atoms with E-state index in [1.807, 2.05) is 4.90 Å². The van der Waals surface area contributed by atoms with Gasteiger partial charge in [0.1, 0.15) is 0 Å². The molecule has 26 heavy (non-hydrogen) atoms. The maximum atomic E-state index is 12.7. The molecule has 0 unspecified atom stereocenters. The first-order valence-electron chi connectivity index (χ1n) is 9.43. The van der Waals surface area contributed by atoms with Crippen molar-refractivity contribution in [1.82, 2.24) is 14.7 Å². The van der Waals surface area contributed by atoms with Crippen LogP contribution in [-0.4, -0.2) is 65.0 Å². The van der Waals surface area contributed by atoms with Crippen molar-refractivity contribution in [1.29, 1.82) is 0 Å². The molecule has 0 spiro atoms. The second-order valence-electron chi connectivity index (χ2n) is 7.16. The Morgan fingerprint density at radius 2 is 1.96 bits per heavy atom. The van der Waals surface area contributed by atoms with Crippen LogP contribution in [0.15, 0.2) is 40.4 Å². The molecule has 0 atom stereocenters. The van der Waals surface area contributed by atoms with Gasteiger partial charge in [-0.1, -0.05) is 36.0 Å². The van der Waals surface area contributed by atoms with Gasteiger partial charge in [-0.3, -0.25) is 14.7 Å². The molecule has 1 amide bonds. The first-order chi connectivity index (χ1) is 12.7. The molecule has 3 heterocycles. The van der Waals surface area contributed by atoms with Gasteiger partial charge in [0.15, 0.2) is 5.17 Å². The lowest BCUT2D eigenvalue weighted by molar-refractivity contribution is -0.132. The molecule has 3 aliphatic rings. The summed E-state index contributed by atoms with van der Waals surface area (Å²) in [6.45, 7) is 8.60. The molecule has 3 aliphatic heterocycles. The number of benzene rings is 1. The second-order valence-corrected chi connectivity index (χ2v) is 7.99. The Labute approximate surface area is 159 Å². The van der Waals surface area contributed by atoms with Gasteiger partial charge in [0.05, 0.1) is 6.42 Å². The van der Waals surface area contributed by atoms with E-state index in [4.69, 9.17) is 0 Å². The zero-order chi connectivity index (χ0) is 17.9. The molecule has 0 aromatic heterocycles. The number of hydrogen-bond donors (Lipinski definition) is 0. The van der Waals surface area contributed by atoms with E-state index in [1.165, 1.54) is 11.1 Å². The molecule has 0 aliphatic carbocycles. The Kier molecular flexibility index (Phi) is 5.31. The number of fused-ring (bicyclic) bond motifs is 1. The van der Waals surface area contributed by atoms with E-state index in [1.54, 1.807) is 11.8 Å². The molecular formula is C20H26N4OS. The first kappa shape index (κ1) is 17.6. The zero-order valence-electron chi connectivity index (χ0n) is 15.4. The highest BCUT2D eigenvalue weighted by atomic mass is 32.2. The van der Waals surface area contributed by atoms with Crippen LogP contribution in [0.2, 0.25) is 0 Å². The molecule has 1 saturated heterocycles. The first-order valence-corrected chi connectivity index (χ1v) is 10.3. The van der Waals surface area contributed by atoms with Crippen molar-refractivity contribution in [3.05, 3.63) is 46.5 Å². The maximum absolute atomic E-state index is 12.7. The largest absolute Gasteiger partial charge is 0.340 e. The Morgan fingerprint density at radius 3 is 2.77 bits per heavy atom. The van der Waals surface area contributed by atoms with Crippen molar-refractivity contribution in [2.24, 2.45) is 4.99 Å². The third kappa shape index (κ3) is 3.81. The monoisotopic (exact) mass is 370 g/mol. The fourth-order valence-electron chi connectivity index (χ4n) is 3.72. The lowest BCUT2D eigenvalue weighted by Crippen LogP contribution is -2.48. The van der Waals surface area contributed by atoms with Crippen LogP contribution in [0, 0.1) is 6.92 Å². The Morgan fingerprint density at radius 1 is 1.15 bits per heavy atom. The minimum Gasteiger partial charge on any atom is -0.340 e. The molecule has 0 saturated carbocycles. The minimum absolute atomic E-state index is 0.249. The van der Waals surface area contributed by atoms with Gasteiger partial charge in [-0.05, 0) is 29.9 Å². The van der Waals surface area contributed by atoms with Crippen LogP contribution in [0.3, 0.4) is 0 Å². The van der Waals surface area contributed by atoms with Crippen molar-refractivity contribution in [3.8, 4) is 0 Å². The van der Waals surface area contributed by atoms with E-state index in [-0.39, 0.29) is 5.91 Å². The number of rotatable bonds is 4. The highest BCUT2D eigenvalue weighted by Crippen LogP contribution is 2.31. The van der Waals surface area contributed by atoms with Crippen LogP contribution in [0.25, 0.3) is 0 Å². The molecular weight excluding hydrogens is 344 g/mol. The third-order valence-electron chi connectivity index (χ3n) is 5.38. The highest BCUT2D eigenvalue weighted by molar-refractivity contribution is 8.16. The number of carbonyl (C=O) groups is 1. The van der Waals surface area contributed by atoms with Gasteiger partial charge < -0.3 is 9.80 Å². The van der Waals surface area contributed by atoms with Crippen LogP contribution in [0.1, 0.15) is 24.0 Å². The SMILES string of the molecule is Cc1ccccc1CN1CCN(C(=O)CC2=CSC3=NCCCN23)CC1. The quantitative estimate of drug-likeness (QED) is 0.817. The van der Waals surface area contributed by atoms with Crippen LogP contribution >= 0.6 is 11.8 Å². The van der Waals surface area contributed by atoms with Crippen molar-refractivity contribution in [2.45, 2.75) is 26.3 Å². The number of piperazine rings is 1. The number of aliphatic imine (C=N–C) groups is 1. The number of amides is 1. The normalized spacial score (nSPS) is 20.7. The lowest BCUT2D eigenvalue weighted by atomic mass is 10.1. The number of hydrogen-bond acceptors (Lipinski definition) is 5. The summed E-state index contributed by atoms with van der Waals surface area (Å²) in [4.78, 5) is 24.0. The number of thioether (sulfide) groups is 1. The zero-order valence-corrected chi connectivity index (χ0v) is 16.2. The van der Waals surface area contributed by atoms with E-state index in [0.29, 0.717) is 6.42 Å². The molecule has 0 N–H and O–H groups in total. The maximum Gasteiger partial charge on any atom is 0.228 e. The highest BCUT2D eigenvalue weighted by Gasteiger charge is 2.28. The lowest BCUT2D eigenvalue weighted by Gasteiger charge is -2.35. The third-order valence-corrected chi connectivity index (χ3v) is 6.33. The summed E-state index contributed by atoms with van der Waals surface area (Å²) in [5, 5.41) is 3.18. The predicted molar refractivity (Wildman–Crippen MR) is 107 cm³/mol. The van der Waals surface area contributed by atoms with E-state index in [2.05, 4.69) is 51.4 Å². The van der Waals surface area contributed by atoms with Crippen LogP contribution in [0.4, 0.5) is 0 Å². The standard InChI is InChI=1S/C20H26N4OS/c1-16-5-2-3-6-17(16)14-22-9-11-23(12-10-22)19(25)13-18-15-26-20-21-7-4-8-24(18)20/h2-3,5-6,15H,4,7-14H2,1H3. The molecule has 0 bridgehead atoms. The minimum atomic E-state index is 0.249. The number of nitrogens with zero attached hydrogens (tertiary/aromatic N) is 4. The molecule has 4 rings (SSSR count).